The van der Waals surface area contributed by atoms with Gasteiger partial charge < -0.3 is 20.1 Å². The fourth-order valence-electron chi connectivity index (χ4n) is 2.05. The summed E-state index contributed by atoms with van der Waals surface area (Å²) >= 11 is 6.05. The van der Waals surface area contributed by atoms with Crippen molar-refractivity contribution >= 4 is 23.3 Å². The Morgan fingerprint density at radius 2 is 2.10 bits per heavy atom. The van der Waals surface area contributed by atoms with Gasteiger partial charge in [0.25, 0.3) is 0 Å². The number of ether oxygens (including phenoxy) is 2. The topological polar surface area (TPSA) is 59.6 Å². The third-order valence-corrected chi connectivity index (χ3v) is 3.54. The third-order valence-electron chi connectivity index (χ3n) is 3.22. The molecule has 6 heteroatoms. The molecule has 2 N–H and O–H groups in total. The zero-order valence-corrected chi connectivity index (χ0v) is 12.4. The number of anilines is 1. The van der Waals surface area contributed by atoms with E-state index in [2.05, 4.69) is 10.6 Å². The SMILES string of the molecule is Cc1cccc(Cl)c1NC(=O)NCCC1(C)OCCO1. The fourth-order valence-corrected chi connectivity index (χ4v) is 2.32. The Kier molecular flexibility index (Phi) is 4.86. The van der Waals surface area contributed by atoms with Gasteiger partial charge in [-0.05, 0) is 25.5 Å². The molecule has 110 valence electrons. The number of hydrogen-bond donors (Lipinski definition) is 2. The summed E-state index contributed by atoms with van der Waals surface area (Å²) < 4.78 is 10.9. The third kappa shape index (κ3) is 3.85. The van der Waals surface area contributed by atoms with E-state index in [1.54, 1.807) is 6.07 Å². The number of urea groups is 1. The highest BCUT2D eigenvalue weighted by Gasteiger charge is 2.30. The van der Waals surface area contributed by atoms with Gasteiger partial charge in [0.2, 0.25) is 0 Å². The van der Waals surface area contributed by atoms with Crippen LogP contribution in [0.2, 0.25) is 5.02 Å². The number of carbonyl (C=O) groups excluding carboxylic acids is 1. The quantitative estimate of drug-likeness (QED) is 0.898. The summed E-state index contributed by atoms with van der Waals surface area (Å²) in [5.74, 6) is -0.590. The van der Waals surface area contributed by atoms with Crippen LogP contribution in [0.25, 0.3) is 0 Å². The van der Waals surface area contributed by atoms with Crippen molar-refractivity contribution < 1.29 is 14.3 Å². The maximum absolute atomic E-state index is 11.8. The van der Waals surface area contributed by atoms with Crippen molar-refractivity contribution in [3.05, 3.63) is 28.8 Å². The van der Waals surface area contributed by atoms with Crippen LogP contribution in [0.4, 0.5) is 10.5 Å². The Labute approximate surface area is 123 Å². The monoisotopic (exact) mass is 298 g/mol. The van der Waals surface area contributed by atoms with Crippen LogP contribution in [0, 0.1) is 6.92 Å². The number of aryl methyl sites for hydroxylation is 1. The Morgan fingerprint density at radius 3 is 2.75 bits per heavy atom. The van der Waals surface area contributed by atoms with Gasteiger partial charge in [0.15, 0.2) is 5.79 Å². The van der Waals surface area contributed by atoms with Crippen LogP contribution in [-0.4, -0.2) is 31.6 Å². The lowest BCUT2D eigenvalue weighted by Gasteiger charge is -2.22. The van der Waals surface area contributed by atoms with Crippen LogP contribution >= 0.6 is 11.6 Å². The molecule has 2 amide bonds. The first-order chi connectivity index (χ1) is 9.50. The molecule has 2 rings (SSSR count). The van der Waals surface area contributed by atoms with Crippen LogP contribution in [0.1, 0.15) is 18.9 Å². The van der Waals surface area contributed by atoms with Crippen LogP contribution < -0.4 is 10.6 Å². The molecule has 1 aromatic rings. The lowest BCUT2D eigenvalue weighted by atomic mass is 10.2. The molecule has 0 aromatic heterocycles. The highest BCUT2D eigenvalue weighted by molar-refractivity contribution is 6.33. The van der Waals surface area contributed by atoms with Crippen molar-refractivity contribution in [1.29, 1.82) is 0 Å². The molecule has 0 bridgehead atoms. The second-order valence-electron chi connectivity index (χ2n) is 4.89. The zero-order chi connectivity index (χ0) is 14.6. The number of amides is 2. The summed E-state index contributed by atoms with van der Waals surface area (Å²) in [5.41, 5.74) is 1.55. The minimum atomic E-state index is -0.590. The van der Waals surface area contributed by atoms with E-state index >= 15 is 0 Å². The number of halogens is 1. The molecule has 0 saturated carbocycles. The molecular weight excluding hydrogens is 280 g/mol. The van der Waals surface area contributed by atoms with Crippen LogP contribution in [-0.2, 0) is 9.47 Å². The van der Waals surface area contributed by atoms with Crippen LogP contribution in [0.3, 0.4) is 0 Å². The molecule has 1 aromatic carbocycles. The van der Waals surface area contributed by atoms with Crippen molar-refractivity contribution in [2.24, 2.45) is 0 Å². The summed E-state index contributed by atoms with van der Waals surface area (Å²) in [7, 11) is 0. The zero-order valence-electron chi connectivity index (χ0n) is 11.7. The lowest BCUT2D eigenvalue weighted by Crippen LogP contribution is -2.35. The highest BCUT2D eigenvalue weighted by Crippen LogP contribution is 2.25. The molecule has 0 aliphatic carbocycles. The van der Waals surface area contributed by atoms with Gasteiger partial charge in [-0.15, -0.1) is 0 Å². The van der Waals surface area contributed by atoms with E-state index in [9.17, 15) is 4.79 Å². The largest absolute Gasteiger partial charge is 0.348 e. The molecule has 1 saturated heterocycles. The molecule has 1 heterocycles. The van der Waals surface area contributed by atoms with E-state index in [4.69, 9.17) is 21.1 Å². The standard InChI is InChI=1S/C14H19ClN2O3/c1-10-4-3-5-11(15)12(10)17-13(18)16-7-6-14(2)19-8-9-20-14/h3-5H,6-9H2,1-2H3,(H2,16,17,18). The van der Waals surface area contributed by atoms with E-state index in [1.807, 2.05) is 26.0 Å². The Bertz CT molecular complexity index is 467. The summed E-state index contributed by atoms with van der Waals surface area (Å²) in [6, 6.07) is 5.19. The molecule has 1 aliphatic heterocycles. The van der Waals surface area contributed by atoms with E-state index in [1.165, 1.54) is 0 Å². The van der Waals surface area contributed by atoms with Crippen LogP contribution in [0.15, 0.2) is 18.2 Å². The van der Waals surface area contributed by atoms with Gasteiger partial charge in [0, 0.05) is 13.0 Å². The Balaban J connectivity index is 1.81. The number of para-hydroxylation sites is 1. The first-order valence-electron chi connectivity index (χ1n) is 6.58. The van der Waals surface area contributed by atoms with Gasteiger partial charge >= 0.3 is 6.03 Å². The van der Waals surface area contributed by atoms with Crippen molar-refractivity contribution in [1.82, 2.24) is 5.32 Å². The lowest BCUT2D eigenvalue weighted by molar-refractivity contribution is -0.145. The maximum Gasteiger partial charge on any atom is 0.319 e. The van der Waals surface area contributed by atoms with Gasteiger partial charge in [-0.1, -0.05) is 23.7 Å². The van der Waals surface area contributed by atoms with E-state index in [0.717, 1.165) is 5.56 Å². The van der Waals surface area contributed by atoms with Gasteiger partial charge in [-0.2, -0.15) is 0 Å². The van der Waals surface area contributed by atoms with E-state index in [0.29, 0.717) is 36.9 Å². The van der Waals surface area contributed by atoms with Crippen LogP contribution in [0.5, 0.6) is 0 Å². The highest BCUT2D eigenvalue weighted by atomic mass is 35.5. The average molecular weight is 299 g/mol. The number of hydrogen-bond acceptors (Lipinski definition) is 3. The van der Waals surface area contributed by atoms with Crippen molar-refractivity contribution in [2.45, 2.75) is 26.1 Å². The second kappa shape index (κ2) is 6.43. The summed E-state index contributed by atoms with van der Waals surface area (Å²) in [4.78, 5) is 11.8. The minimum Gasteiger partial charge on any atom is -0.348 e. The smallest absolute Gasteiger partial charge is 0.319 e. The van der Waals surface area contributed by atoms with E-state index < -0.39 is 5.79 Å². The predicted octanol–water partition coefficient (Wildman–Crippen LogP) is 2.92. The second-order valence-corrected chi connectivity index (χ2v) is 5.30. The first-order valence-corrected chi connectivity index (χ1v) is 6.96. The molecule has 1 fully saturated rings. The van der Waals surface area contributed by atoms with Gasteiger partial charge in [0.1, 0.15) is 0 Å². The molecule has 0 radical (unpaired) electrons. The number of rotatable bonds is 4. The molecule has 0 spiro atoms. The molecular formula is C14H19ClN2O3. The summed E-state index contributed by atoms with van der Waals surface area (Å²) in [5, 5.41) is 6.04. The van der Waals surface area contributed by atoms with Gasteiger partial charge in [-0.3, -0.25) is 0 Å². The number of benzene rings is 1. The van der Waals surface area contributed by atoms with Crippen molar-refractivity contribution in [2.75, 3.05) is 25.1 Å². The fraction of sp³-hybridized carbons (Fsp3) is 0.500. The molecule has 0 atom stereocenters. The Hall–Kier alpha value is -1.30. The van der Waals surface area contributed by atoms with Crippen molar-refractivity contribution in [3.63, 3.8) is 0 Å². The van der Waals surface area contributed by atoms with Crippen molar-refractivity contribution in [3.8, 4) is 0 Å². The number of nitrogens with one attached hydrogen (secondary N) is 2. The molecule has 5 nitrogen and oxygen atoms in total. The minimum absolute atomic E-state index is 0.289. The molecule has 0 unspecified atom stereocenters. The average Bonchev–Trinajstić information content (AvgIpc) is 2.81. The van der Waals surface area contributed by atoms with Gasteiger partial charge in [-0.25, -0.2) is 4.79 Å². The summed E-state index contributed by atoms with van der Waals surface area (Å²) in [6.45, 7) is 5.43. The number of carbonyl (C=O) groups is 1. The molecule has 1 aliphatic rings. The molecule has 20 heavy (non-hydrogen) atoms. The Morgan fingerprint density at radius 1 is 1.40 bits per heavy atom. The first kappa shape index (κ1) is 15.1. The normalized spacial score (nSPS) is 16.9. The predicted molar refractivity (Wildman–Crippen MR) is 78.1 cm³/mol. The maximum atomic E-state index is 11.8. The summed E-state index contributed by atoms with van der Waals surface area (Å²) in [6.07, 6.45) is 0.599. The van der Waals surface area contributed by atoms with Gasteiger partial charge in [0.05, 0.1) is 23.9 Å². The van der Waals surface area contributed by atoms with E-state index in [-0.39, 0.29) is 6.03 Å².